The molecule has 0 bridgehead atoms. The third kappa shape index (κ3) is 2.94. The maximum atomic E-state index is 13.5. The lowest BCUT2D eigenvalue weighted by atomic mass is 10.3. The number of aliphatic imine (C=N–C) groups is 1. The highest BCUT2D eigenvalue weighted by Crippen LogP contribution is 2.31. The first kappa shape index (κ1) is 11.8. The van der Waals surface area contributed by atoms with Gasteiger partial charge in [-0.1, -0.05) is 0 Å². The summed E-state index contributed by atoms with van der Waals surface area (Å²) in [6.07, 6.45) is 1.35. The zero-order valence-electron chi connectivity index (χ0n) is 9.39. The van der Waals surface area contributed by atoms with E-state index in [4.69, 9.17) is 0 Å². The Labute approximate surface area is 97.8 Å². The van der Waals surface area contributed by atoms with Crippen LogP contribution in [0.15, 0.2) is 17.0 Å². The molecule has 2 rings (SSSR count). The van der Waals surface area contributed by atoms with E-state index < -0.39 is 18.3 Å². The average molecular weight is 243 g/mol. The number of alkyl carbamates (subject to hydrolysis) is 1. The molecule has 1 fully saturated rings. The molecule has 0 radical (unpaired) electrons. The third-order valence-electron chi connectivity index (χ3n) is 2.62. The van der Waals surface area contributed by atoms with Crippen molar-refractivity contribution in [3.8, 4) is 0 Å². The van der Waals surface area contributed by atoms with Crippen LogP contribution in [0, 0.1) is 5.92 Å². The van der Waals surface area contributed by atoms with Gasteiger partial charge < -0.3 is 14.7 Å². The monoisotopic (exact) mass is 243 g/mol. The van der Waals surface area contributed by atoms with Crippen LogP contribution in [-0.4, -0.2) is 41.9 Å². The molecule has 94 valence electrons. The number of nitrogens with one attached hydrogen (secondary N) is 1. The van der Waals surface area contributed by atoms with Crippen LogP contribution in [-0.2, 0) is 4.74 Å². The smallest absolute Gasteiger partial charge is 0.412 e. The minimum absolute atomic E-state index is 0.309. The molecule has 1 aliphatic carbocycles. The highest BCUT2D eigenvalue weighted by molar-refractivity contribution is 6.05. The summed E-state index contributed by atoms with van der Waals surface area (Å²) in [7, 11) is 1.16. The zero-order valence-corrected chi connectivity index (χ0v) is 9.39. The van der Waals surface area contributed by atoms with Crippen LogP contribution in [0.1, 0.15) is 12.8 Å². The Hall–Kier alpha value is -1.63. The number of hydrogen-bond acceptors (Lipinski definition) is 5. The van der Waals surface area contributed by atoms with Gasteiger partial charge in [0.05, 0.1) is 7.11 Å². The van der Waals surface area contributed by atoms with Crippen molar-refractivity contribution >= 4 is 11.9 Å². The first-order valence-electron chi connectivity index (χ1n) is 5.34. The van der Waals surface area contributed by atoms with Gasteiger partial charge in [-0.3, -0.25) is 5.32 Å². The van der Waals surface area contributed by atoms with E-state index in [1.54, 1.807) is 0 Å². The Morgan fingerprint density at radius 1 is 1.76 bits per heavy atom. The molecule has 1 amide bonds. The van der Waals surface area contributed by atoms with E-state index in [-0.39, 0.29) is 5.84 Å². The molecule has 0 saturated heterocycles. The van der Waals surface area contributed by atoms with Gasteiger partial charge in [0.25, 0.3) is 0 Å². The predicted octanol–water partition coefficient (Wildman–Crippen LogP) is 0.553. The molecular weight excluding hydrogens is 229 g/mol. The maximum absolute atomic E-state index is 13.5. The fraction of sp³-hybridized carbons (Fsp3) is 0.600. The molecule has 1 atom stereocenters. The second-order valence-electron chi connectivity index (χ2n) is 4.06. The lowest BCUT2D eigenvalue weighted by Gasteiger charge is -2.27. The van der Waals surface area contributed by atoms with E-state index in [0.29, 0.717) is 12.5 Å². The molecule has 1 saturated carbocycles. The summed E-state index contributed by atoms with van der Waals surface area (Å²) in [5.41, 5.74) is 0. The largest absolute Gasteiger partial charge is 0.453 e. The van der Waals surface area contributed by atoms with Crippen LogP contribution in [0.2, 0.25) is 0 Å². The van der Waals surface area contributed by atoms with Gasteiger partial charge in [-0.15, -0.1) is 0 Å². The molecule has 0 aromatic heterocycles. The van der Waals surface area contributed by atoms with Crippen LogP contribution in [0.5, 0.6) is 0 Å². The Kier molecular flexibility index (Phi) is 3.28. The fourth-order valence-corrected chi connectivity index (χ4v) is 1.51. The number of halogens is 1. The van der Waals surface area contributed by atoms with Gasteiger partial charge in [-0.2, -0.15) is 0 Å². The molecule has 1 unspecified atom stereocenters. The van der Waals surface area contributed by atoms with Crippen molar-refractivity contribution in [2.45, 2.75) is 19.2 Å². The fourth-order valence-electron chi connectivity index (χ4n) is 1.51. The first-order valence-corrected chi connectivity index (χ1v) is 5.34. The van der Waals surface area contributed by atoms with Gasteiger partial charge in [0.15, 0.2) is 11.7 Å². The van der Waals surface area contributed by atoms with E-state index in [1.807, 2.05) is 0 Å². The molecule has 17 heavy (non-hydrogen) atoms. The van der Waals surface area contributed by atoms with Crippen molar-refractivity contribution < 1.29 is 19.0 Å². The van der Waals surface area contributed by atoms with E-state index in [9.17, 15) is 14.3 Å². The van der Waals surface area contributed by atoms with Gasteiger partial charge in [0.2, 0.25) is 6.35 Å². The summed E-state index contributed by atoms with van der Waals surface area (Å²) in [5.74, 6) is -0.503. The van der Waals surface area contributed by atoms with E-state index >= 15 is 0 Å². The van der Waals surface area contributed by atoms with Crippen molar-refractivity contribution in [3.05, 3.63) is 12.0 Å². The number of nitrogens with zero attached hydrogens (tertiary/aromatic N) is 2. The molecule has 7 heteroatoms. The normalized spacial score (nSPS) is 23.9. The van der Waals surface area contributed by atoms with Crippen molar-refractivity contribution in [2.24, 2.45) is 10.9 Å². The number of ether oxygens (including phenoxy) is 1. The summed E-state index contributed by atoms with van der Waals surface area (Å²) in [5, 5.41) is 11.8. The van der Waals surface area contributed by atoms with Crippen LogP contribution < -0.4 is 5.32 Å². The van der Waals surface area contributed by atoms with Crippen LogP contribution >= 0.6 is 0 Å². The van der Waals surface area contributed by atoms with Crippen molar-refractivity contribution in [3.63, 3.8) is 0 Å². The molecule has 6 nitrogen and oxygen atoms in total. The molecule has 0 aromatic rings. The highest BCUT2D eigenvalue weighted by Gasteiger charge is 2.29. The number of rotatable bonds is 2. The molecule has 2 N–H and O–H groups in total. The first-order chi connectivity index (χ1) is 8.10. The highest BCUT2D eigenvalue weighted by atomic mass is 19.1. The van der Waals surface area contributed by atoms with Gasteiger partial charge in [-0.05, 0) is 18.8 Å². The number of carbonyl (C=O) groups is 1. The summed E-state index contributed by atoms with van der Waals surface area (Å²) in [4.78, 5) is 16.0. The molecular formula is C10H14FN3O3. The number of amidine groups is 1. The minimum Gasteiger partial charge on any atom is -0.453 e. The van der Waals surface area contributed by atoms with Crippen LogP contribution in [0.3, 0.4) is 0 Å². The summed E-state index contributed by atoms with van der Waals surface area (Å²) < 4.78 is 17.9. The number of methoxy groups -OCH3 is 1. The number of aliphatic hydroxyl groups excluding tert-OH is 1. The molecule has 1 heterocycles. The van der Waals surface area contributed by atoms with Gasteiger partial charge >= 0.3 is 6.09 Å². The summed E-state index contributed by atoms with van der Waals surface area (Å²) in [6, 6.07) is 0. The molecule has 2 aliphatic rings. The third-order valence-corrected chi connectivity index (χ3v) is 2.62. The number of carbonyl (C=O) groups excluding carboxylic acids is 1. The number of hydrogen-bond donors (Lipinski definition) is 2. The van der Waals surface area contributed by atoms with E-state index in [1.165, 1.54) is 4.90 Å². The summed E-state index contributed by atoms with van der Waals surface area (Å²) in [6.45, 7) is 0.573. The molecule has 1 aliphatic heterocycles. The Balaban J connectivity index is 2.00. The van der Waals surface area contributed by atoms with Crippen molar-refractivity contribution in [2.75, 3.05) is 13.7 Å². The van der Waals surface area contributed by atoms with Gasteiger partial charge in [0.1, 0.15) is 0 Å². The standard InChI is InChI=1S/C10H14FN3O3/c1-17-10(16)13-8-7(11)5-14(9(15)12-8)4-6-2-3-6/h5-6,9,15H,2-4H2,1H3,(H,12,13,16). The number of aliphatic hydroxyl groups is 1. The second-order valence-corrected chi connectivity index (χ2v) is 4.06. The van der Waals surface area contributed by atoms with Crippen molar-refractivity contribution in [1.82, 2.24) is 10.2 Å². The maximum Gasteiger partial charge on any atom is 0.412 e. The second kappa shape index (κ2) is 4.70. The predicted molar refractivity (Wildman–Crippen MR) is 57.6 cm³/mol. The van der Waals surface area contributed by atoms with Crippen LogP contribution in [0.25, 0.3) is 0 Å². The Morgan fingerprint density at radius 3 is 3.06 bits per heavy atom. The molecule has 0 spiro atoms. The van der Waals surface area contributed by atoms with Gasteiger partial charge in [0, 0.05) is 12.7 Å². The quantitative estimate of drug-likeness (QED) is 0.743. The topological polar surface area (TPSA) is 74.2 Å². The lowest BCUT2D eigenvalue weighted by Crippen LogP contribution is -2.40. The molecule has 0 aromatic carbocycles. The Bertz CT molecular complexity index is 379. The SMILES string of the molecule is COC(=O)NC1=NC(O)N(CC2CC2)C=C1F. The van der Waals surface area contributed by atoms with E-state index in [2.05, 4.69) is 15.0 Å². The minimum atomic E-state index is -1.16. The average Bonchev–Trinajstić information content (AvgIpc) is 3.09. The van der Waals surface area contributed by atoms with Crippen molar-refractivity contribution in [1.29, 1.82) is 0 Å². The lowest BCUT2D eigenvalue weighted by molar-refractivity contribution is 0.0382. The summed E-state index contributed by atoms with van der Waals surface area (Å²) >= 11 is 0. The van der Waals surface area contributed by atoms with Gasteiger partial charge in [-0.25, -0.2) is 14.2 Å². The number of amides is 1. The zero-order chi connectivity index (χ0) is 12.4. The van der Waals surface area contributed by atoms with Crippen LogP contribution in [0.4, 0.5) is 9.18 Å². The van der Waals surface area contributed by atoms with E-state index in [0.717, 1.165) is 26.2 Å². The Morgan fingerprint density at radius 2 is 2.47 bits per heavy atom.